The normalized spacial score (nSPS) is 12.1. The Bertz CT molecular complexity index is 9100. The first-order chi connectivity index (χ1) is 67.9. The number of aromatic nitrogens is 1. The van der Waals surface area contributed by atoms with Crippen LogP contribution in [0.1, 0.15) is 28.7 Å². The van der Waals surface area contributed by atoms with Gasteiger partial charge in [-0.1, -0.05) is 461 Å². The van der Waals surface area contributed by atoms with Gasteiger partial charge in [-0.2, -0.15) is 0 Å². The number of rotatable bonds is 0. The quantitative estimate of drug-likeness (QED) is 0.109. The zero-order valence-electron chi connectivity index (χ0n) is 75.8. The molecule has 1 heterocycles. The number of hydrogen-bond acceptors (Lipinski definition) is 1. The molecule has 0 amide bonds. The van der Waals surface area contributed by atoms with Gasteiger partial charge in [0, 0.05) is 11.6 Å². The van der Waals surface area contributed by atoms with Crippen LogP contribution < -0.4 is 5.22 Å². The largest absolute Gasteiger partial charge is 0.256 e. The second-order valence-electron chi connectivity index (χ2n) is 36.1. The van der Waals surface area contributed by atoms with Gasteiger partial charge in [0.15, 0.2) is 0 Å². The first-order valence-electron chi connectivity index (χ1n) is 47.7. The predicted octanol–water partition coefficient (Wildman–Crippen LogP) is 36.9. The van der Waals surface area contributed by atoms with Crippen molar-refractivity contribution < 1.29 is 0 Å². The van der Waals surface area contributed by atoms with E-state index in [-0.39, 0.29) is 0 Å². The lowest BCUT2D eigenvalue weighted by Crippen LogP contribution is -2.13. The van der Waals surface area contributed by atoms with Gasteiger partial charge in [0.2, 0.25) is 0 Å². The lowest BCUT2D eigenvalue weighted by molar-refractivity contribution is 1.25. The van der Waals surface area contributed by atoms with Gasteiger partial charge in [-0.25, -0.2) is 0 Å². The van der Waals surface area contributed by atoms with E-state index in [0.717, 1.165) is 24.8 Å². The van der Waals surface area contributed by atoms with Crippen LogP contribution in [0.25, 0.3) is 233 Å². The van der Waals surface area contributed by atoms with Crippen molar-refractivity contribution in [2.75, 3.05) is 0 Å². The average molecular weight is 1740 g/mol. The van der Waals surface area contributed by atoms with E-state index >= 15 is 0 Å². The van der Waals surface area contributed by atoms with E-state index in [4.69, 9.17) is 0 Å². The molecule has 0 bridgehead atoms. The number of hydrogen-bond donors (Lipinski definition) is 0. The van der Waals surface area contributed by atoms with Crippen LogP contribution in [0.2, 0.25) is 0 Å². The lowest BCUT2D eigenvalue weighted by Gasteiger charge is -2.26. The molecular formula is C136H93N. The third kappa shape index (κ3) is 16.3. The maximum absolute atomic E-state index is 4.18. The molecule has 1 nitrogen and oxygen atoms in total. The fourth-order valence-electron chi connectivity index (χ4n) is 21.2. The third-order valence-corrected chi connectivity index (χ3v) is 27.9. The second kappa shape index (κ2) is 36.6. The fourth-order valence-corrected chi connectivity index (χ4v) is 21.2. The molecule has 0 fully saturated rings. The molecule has 0 spiro atoms. The Kier molecular flexibility index (Phi) is 22.1. The van der Waals surface area contributed by atoms with Crippen molar-refractivity contribution >= 4 is 233 Å². The number of pyridine rings is 1. The van der Waals surface area contributed by atoms with Crippen LogP contribution in [0.5, 0.6) is 0 Å². The summed E-state index contributed by atoms with van der Waals surface area (Å²) in [6, 6.07) is 177. The molecule has 0 N–H and O–H groups in total. The van der Waals surface area contributed by atoms with Crippen molar-refractivity contribution in [1.82, 2.24) is 4.98 Å². The van der Waals surface area contributed by atoms with Crippen LogP contribution in [0.4, 0.5) is 0 Å². The minimum Gasteiger partial charge on any atom is -0.256 e. The maximum Gasteiger partial charge on any atom is 0.0701 e. The summed E-state index contributed by atoms with van der Waals surface area (Å²) in [6.45, 7) is 0. The molecule has 3 aliphatic rings. The highest BCUT2D eigenvalue weighted by Crippen LogP contribution is 2.49. The molecule has 0 atom stereocenters. The molecule has 0 radical (unpaired) electrons. The Morgan fingerprint density at radius 2 is 0.467 bits per heavy atom. The Morgan fingerprint density at radius 1 is 0.161 bits per heavy atom. The molecule has 29 aromatic rings. The van der Waals surface area contributed by atoms with Gasteiger partial charge < -0.3 is 0 Å². The molecule has 642 valence electrons. The Balaban J connectivity index is 0.0000000851. The van der Waals surface area contributed by atoms with Crippen LogP contribution in [-0.2, 0) is 12.8 Å². The Labute approximate surface area is 795 Å². The topological polar surface area (TPSA) is 12.9 Å². The van der Waals surface area contributed by atoms with Gasteiger partial charge in [0.25, 0.3) is 0 Å². The van der Waals surface area contributed by atoms with Crippen molar-refractivity contribution in [3.63, 3.8) is 0 Å². The average Bonchev–Trinajstić information content (AvgIpc) is 0.686. The monoisotopic (exact) mass is 1740 g/mol. The van der Waals surface area contributed by atoms with Crippen molar-refractivity contribution in [2.24, 2.45) is 0 Å². The van der Waals surface area contributed by atoms with Gasteiger partial charge in [0.05, 0.1) is 5.52 Å². The minimum atomic E-state index is 1.06. The summed E-state index contributed by atoms with van der Waals surface area (Å²) in [5, 5.41) is 54.0. The van der Waals surface area contributed by atoms with E-state index < -0.39 is 0 Å². The molecule has 0 saturated carbocycles. The zero-order chi connectivity index (χ0) is 90.9. The van der Waals surface area contributed by atoms with E-state index in [9.17, 15) is 0 Å². The second-order valence-corrected chi connectivity index (χ2v) is 36.1. The van der Waals surface area contributed by atoms with Gasteiger partial charge >= 0.3 is 0 Å². The van der Waals surface area contributed by atoms with Crippen LogP contribution in [-0.4, -0.2) is 4.98 Å². The Morgan fingerprint density at radius 3 is 0.927 bits per heavy atom. The number of nitrogens with zero attached hydrogens (tertiary/aromatic N) is 1. The van der Waals surface area contributed by atoms with Crippen LogP contribution in [0.15, 0.2) is 516 Å². The number of allylic oxidation sites excluding steroid dienone is 3. The molecule has 0 aliphatic heterocycles. The molecule has 3 aliphatic carbocycles. The van der Waals surface area contributed by atoms with Gasteiger partial charge in [-0.15, -0.1) is 0 Å². The highest BCUT2D eigenvalue weighted by Gasteiger charge is 2.26. The highest BCUT2D eigenvalue weighted by molar-refractivity contribution is 6.35. The molecule has 137 heavy (non-hydrogen) atoms. The van der Waals surface area contributed by atoms with Crippen LogP contribution >= 0.6 is 0 Å². The summed E-state index contributed by atoms with van der Waals surface area (Å²) in [7, 11) is 0. The zero-order valence-corrected chi connectivity index (χ0v) is 75.8. The summed E-state index contributed by atoms with van der Waals surface area (Å²) in [5.41, 5.74) is 8.42. The van der Waals surface area contributed by atoms with Crippen molar-refractivity contribution in [2.45, 2.75) is 19.3 Å². The van der Waals surface area contributed by atoms with Crippen molar-refractivity contribution in [3.05, 3.63) is 543 Å². The van der Waals surface area contributed by atoms with E-state index in [0.29, 0.717) is 0 Å². The summed E-state index contributed by atoms with van der Waals surface area (Å²) >= 11 is 0. The summed E-state index contributed by atoms with van der Waals surface area (Å²) in [4.78, 5) is 4.18. The molecule has 0 saturated heterocycles. The predicted molar refractivity (Wildman–Crippen MR) is 597 cm³/mol. The SMILES string of the molecule is C1=C2CC=c3ccc4ccc5ccc6ccc(c7c2c3c4c5c67)C1.C1=Cc2cccc3cccc(c23)C1.c1cc2ccc3cccc4ccc(c1)c2c34.c1ccc2c(c1)ccc1ccccc12.c1ccc2cc3c(ccc4ccccc43)cc2c1.c1ccc2cc3cc4ccccc4cc3cc2c1.c1ccc2cc3ccccc3cc2c1.c1ccc2ccccc2c1.c1ccc2ncccc2c1. The number of para-hydroxylation sites is 1. The van der Waals surface area contributed by atoms with Crippen molar-refractivity contribution in [1.29, 1.82) is 0 Å². The van der Waals surface area contributed by atoms with E-state index in [1.807, 2.05) is 30.5 Å². The smallest absolute Gasteiger partial charge is 0.0701 e. The number of benzene rings is 28. The third-order valence-electron chi connectivity index (χ3n) is 27.9. The fraction of sp³-hybridized carbons (Fsp3) is 0.0221. The molecule has 28 aromatic carbocycles. The molecular weight excluding hydrogens is 1650 g/mol. The molecule has 32 rings (SSSR count). The summed E-state index contributed by atoms with van der Waals surface area (Å²) in [6.07, 6.45) is 14.4. The first kappa shape index (κ1) is 82.6. The summed E-state index contributed by atoms with van der Waals surface area (Å²) < 4.78 is 0. The number of fused-ring (bicyclic) bond motifs is 14. The van der Waals surface area contributed by atoms with Crippen molar-refractivity contribution in [3.8, 4) is 0 Å². The standard InChI is InChI=1S/C24H14.2C18H12.C16H10.2C14H10.C13H10.C10H8.C9H7N/c1-2-14-5-6-16-9-11-18-12-10-17-8-7-15-4-3-13(1)19-20(14)22(16)24(18)23(17)21(15)19;1-2-7-15-12-18-16(11-14(15)6-1)10-9-13-5-3-4-8-17(13)18;1-2-6-14-10-18-12-16-8-4-3-7-15(16)11-17(18)9-13(14)5-1;1-3-11-7-9-13-5-2-6-14-10-8-12(4-1)15(11)16(13)14;1-3-7-13-11(5-1)9-10-12-6-2-4-8-14(12)13;1-2-6-12-10-14-8-4-3-7-13(14)9-11(12)5-1;1-4-10-6-2-8-12-9-3-7-11(5-1)13(10)12;1-2-6-10-8-4-3-7-9(10)5-1;1-2-6-9-8(4-1)5-3-7-10-9/h1-9,12H,10-11H2;2*1-12H;1-10H;2*1-10H;1-8H,9H2;1-8H;1-7H. The Hall–Kier alpha value is -17.5. The molecule has 0 unspecified atom stereocenters. The van der Waals surface area contributed by atoms with E-state index in [1.165, 1.54) is 243 Å². The molecule has 1 aromatic heterocycles. The van der Waals surface area contributed by atoms with Crippen LogP contribution in [0, 0.1) is 0 Å². The van der Waals surface area contributed by atoms with E-state index in [2.05, 4.69) is 502 Å². The van der Waals surface area contributed by atoms with E-state index in [1.54, 1.807) is 0 Å². The van der Waals surface area contributed by atoms with Gasteiger partial charge in [-0.3, -0.25) is 4.98 Å². The van der Waals surface area contributed by atoms with Gasteiger partial charge in [0.1, 0.15) is 0 Å². The van der Waals surface area contributed by atoms with Crippen LogP contribution in [0.3, 0.4) is 0 Å². The minimum absolute atomic E-state index is 1.06. The lowest BCUT2D eigenvalue weighted by atomic mass is 9.77. The summed E-state index contributed by atoms with van der Waals surface area (Å²) in [5.74, 6) is 0. The maximum atomic E-state index is 4.18. The highest BCUT2D eigenvalue weighted by atomic mass is 14.6. The molecule has 1 heteroatoms. The first-order valence-corrected chi connectivity index (χ1v) is 47.7. The van der Waals surface area contributed by atoms with Gasteiger partial charge in [-0.05, 0) is 318 Å².